The van der Waals surface area contributed by atoms with Crippen LogP contribution >= 0.6 is 0 Å². The van der Waals surface area contributed by atoms with Crippen LogP contribution in [0, 0.1) is 29.1 Å². The summed E-state index contributed by atoms with van der Waals surface area (Å²) in [5.74, 6) is 10.7. The van der Waals surface area contributed by atoms with E-state index in [1.165, 1.54) is 27.8 Å². The van der Waals surface area contributed by atoms with Crippen molar-refractivity contribution in [3.63, 3.8) is 0 Å². The summed E-state index contributed by atoms with van der Waals surface area (Å²) in [6.07, 6.45) is 15.2. The number of aryl methyl sites for hydroxylation is 4. The van der Waals surface area contributed by atoms with Gasteiger partial charge in [-0.25, -0.2) is 9.97 Å². The molecule has 2 N–H and O–H groups in total. The van der Waals surface area contributed by atoms with E-state index in [9.17, 15) is 10.2 Å². The Kier molecular flexibility index (Phi) is 13.8. The van der Waals surface area contributed by atoms with Crippen LogP contribution in [-0.4, -0.2) is 45.7 Å². The van der Waals surface area contributed by atoms with Crippen LogP contribution in [0.4, 0.5) is 0 Å². The van der Waals surface area contributed by atoms with E-state index in [1.54, 1.807) is 0 Å². The summed E-state index contributed by atoms with van der Waals surface area (Å²) < 4.78 is 0. The maximum Gasteiger partial charge on any atom is 2.00 e. The summed E-state index contributed by atoms with van der Waals surface area (Å²) in [6.45, 7) is 9.00. The van der Waals surface area contributed by atoms with Gasteiger partial charge in [-0.3, -0.25) is 0 Å². The Morgan fingerprint density at radius 2 is 0.977 bits per heavy atom. The van der Waals surface area contributed by atoms with Crippen LogP contribution in [0.2, 0.25) is 0 Å². The Hall–Kier alpha value is -8.16. The van der Waals surface area contributed by atoms with Crippen LogP contribution < -0.4 is 9.97 Å². The van der Waals surface area contributed by atoms with Crippen molar-refractivity contribution in [3.8, 4) is 63.1 Å². The van der Waals surface area contributed by atoms with Gasteiger partial charge in [0.15, 0.2) is 0 Å². The van der Waals surface area contributed by atoms with Gasteiger partial charge in [0, 0.05) is 55.8 Å². The number of rotatable bonds is 9. The maximum absolute atomic E-state index is 12.8. The Balaban J connectivity index is 0.00000638. The van der Waals surface area contributed by atoms with Gasteiger partial charge >= 0.3 is 19.5 Å². The third-order valence-electron chi connectivity index (χ3n) is 20.5. The molecule has 11 aromatic rings. The zero-order valence-electron chi connectivity index (χ0n) is 50.1. The predicted molar refractivity (Wildman–Crippen MR) is 347 cm³/mol. The number of hydrogen-bond donors (Lipinski definition) is 2. The van der Waals surface area contributed by atoms with Crippen LogP contribution in [0.3, 0.4) is 0 Å². The minimum Gasteiger partial charge on any atom is -0.508 e. The zero-order chi connectivity index (χ0) is 58.0. The van der Waals surface area contributed by atoms with E-state index >= 15 is 0 Å². The summed E-state index contributed by atoms with van der Waals surface area (Å²) in [6, 6.07) is 45.7. The van der Waals surface area contributed by atoms with Crippen LogP contribution in [0.5, 0.6) is 5.75 Å². The minimum absolute atomic E-state index is 0. The predicted octanol–water partition coefficient (Wildman–Crippen LogP) is 17.0. The molecule has 5 heterocycles. The molecule has 0 unspecified atom stereocenters. The topological polar surface area (TPSA) is 146 Å². The van der Waals surface area contributed by atoms with Crippen molar-refractivity contribution in [2.45, 2.75) is 136 Å². The SMILES string of the molecule is CCCCc1ccc2cc3c(cc2c1)-c1nc-3nc2[n-]c(nc3nc(nc4[n-]c(n1)c1cc5ccc(CCCC)cc5cc41)-c1ccc(C#C[C@@]4(O)CC[C@H]5[C@@H]6CCc7cc(O)ccc7[C@H]6CC[C@@]54C)cc1-3)c1cc3ccc(CCCC)cc3cc21.[Zn+2]. The van der Waals surface area contributed by atoms with E-state index in [4.69, 9.17) is 39.9 Å². The van der Waals surface area contributed by atoms with Gasteiger partial charge in [0.05, 0.1) is 23.3 Å². The van der Waals surface area contributed by atoms with Crippen molar-refractivity contribution in [1.82, 2.24) is 39.9 Å². The molecule has 2 saturated carbocycles. The fourth-order valence-corrected chi connectivity index (χ4v) is 15.7. The van der Waals surface area contributed by atoms with E-state index < -0.39 is 5.60 Å². The first kappa shape index (κ1) is 55.4. The molecule has 11 heteroatoms. The second-order valence-corrected chi connectivity index (χ2v) is 25.7. The van der Waals surface area contributed by atoms with Crippen molar-refractivity contribution < 1.29 is 29.7 Å². The summed E-state index contributed by atoms with van der Waals surface area (Å²) in [7, 11) is 0. The third-order valence-corrected chi connectivity index (χ3v) is 20.5. The standard InChI is InChI=1S/C76H68N8O2.Zn/c1-5-8-11-43-14-18-47-37-60-63(40-51(47)32-43)72-78-67-58-23-17-46(26-30-76(86)31-28-66-57-24-21-50-36-54(85)22-25-55(50)56(57)27-29-75(66,76)4)35-59(58)68(77-67)79-69-61-38-48-19-15-44(12-9-6-2)33-52(48)41-64(61)73(81-69)83-71-62-39-49-20-16-45(13-10-7-3)34-53(49)42-65(62)74(84-71)82-70(60)80-72;/h14-20,22-23,25,32-42,56-57,66,86H,5-13,21,24,27-29,31H2,1-4H3,(H-2,77,78,79,80,81,82,83,84,85);/q-2;+2/t56-,57-,66+,75+,76-;/m1./s1. The number of phenolic OH excluding ortho intramolecular Hbond substituents is 1. The number of unbranched alkanes of at least 4 members (excludes halogenated alkanes) is 3. The van der Waals surface area contributed by atoms with Crippen molar-refractivity contribution in [1.29, 1.82) is 0 Å². The first-order valence-corrected chi connectivity index (χ1v) is 31.6. The summed E-state index contributed by atoms with van der Waals surface area (Å²) in [5.41, 5.74) is 11.2. The van der Waals surface area contributed by atoms with Gasteiger partial charge < -0.3 is 40.1 Å². The number of aromatic hydroxyl groups is 1. The van der Waals surface area contributed by atoms with Gasteiger partial charge in [-0.15, -0.1) is 0 Å². The average molecular weight is 1190 g/mol. The second-order valence-electron chi connectivity index (χ2n) is 25.7. The van der Waals surface area contributed by atoms with Gasteiger partial charge in [-0.2, -0.15) is 0 Å². The molecule has 10 nitrogen and oxygen atoms in total. The van der Waals surface area contributed by atoms with Crippen LogP contribution in [-0.2, 0) is 45.2 Å². The Morgan fingerprint density at radius 1 is 0.494 bits per heavy atom. The first-order chi connectivity index (χ1) is 42.0. The molecule has 2 aliphatic heterocycles. The van der Waals surface area contributed by atoms with Crippen LogP contribution in [0.1, 0.15) is 138 Å². The van der Waals surface area contributed by atoms with Crippen molar-refractivity contribution in [3.05, 3.63) is 161 Å². The molecular formula is C76H68N8O2Zn. The molecule has 3 aliphatic carbocycles. The van der Waals surface area contributed by atoms with E-state index in [2.05, 4.69) is 149 Å². The largest absolute Gasteiger partial charge is 2.00 e. The summed E-state index contributed by atoms with van der Waals surface area (Å²) in [5, 5.41) is 33.3. The number of benzene rings is 8. The molecular weight excluding hydrogens is 1120 g/mol. The molecule has 8 bridgehead atoms. The number of nitrogens with zero attached hydrogens (tertiary/aromatic N) is 8. The molecule has 426 valence electrons. The molecule has 3 aromatic heterocycles. The molecule has 8 aromatic carbocycles. The Labute approximate surface area is 519 Å². The fourth-order valence-electron chi connectivity index (χ4n) is 15.7. The van der Waals surface area contributed by atoms with E-state index in [0.717, 1.165) is 172 Å². The molecule has 0 radical (unpaired) electrons. The Morgan fingerprint density at radius 3 is 1.52 bits per heavy atom. The molecule has 0 saturated heterocycles. The smallest absolute Gasteiger partial charge is 0.508 e. The van der Waals surface area contributed by atoms with Crippen molar-refractivity contribution >= 4 is 76.5 Å². The van der Waals surface area contributed by atoms with Gasteiger partial charge in [-0.05, 0) is 237 Å². The number of phenols is 1. The molecule has 87 heavy (non-hydrogen) atoms. The molecule has 0 amide bonds. The molecule has 5 atom stereocenters. The Bertz CT molecular complexity index is 4920. The second kappa shape index (κ2) is 21.6. The summed E-state index contributed by atoms with van der Waals surface area (Å²) in [4.78, 5) is 43.2. The molecule has 0 spiro atoms. The normalized spacial score (nSPS) is 20.0. The first-order valence-electron chi connectivity index (χ1n) is 31.6. The number of fused-ring (bicyclic) bond motifs is 28. The number of aliphatic hydroxyl groups is 1. The van der Waals surface area contributed by atoms with E-state index in [0.29, 0.717) is 75.8 Å². The van der Waals surface area contributed by atoms with Gasteiger partial charge in [0.1, 0.15) is 11.4 Å². The quantitative estimate of drug-likeness (QED) is 0.106. The van der Waals surface area contributed by atoms with Gasteiger partial charge in [0.2, 0.25) is 0 Å². The third kappa shape index (κ3) is 9.35. The number of hydrogen-bond acceptors (Lipinski definition) is 8. The van der Waals surface area contributed by atoms with E-state index in [1.807, 2.05) is 18.2 Å². The van der Waals surface area contributed by atoms with Gasteiger partial charge in [0.25, 0.3) is 0 Å². The molecule has 16 rings (SSSR count). The zero-order valence-corrected chi connectivity index (χ0v) is 53.1. The maximum atomic E-state index is 12.8. The molecule has 5 aliphatic rings. The number of aromatic nitrogens is 8. The van der Waals surface area contributed by atoms with Gasteiger partial charge in [-0.1, -0.05) is 126 Å². The van der Waals surface area contributed by atoms with Crippen LogP contribution in [0.15, 0.2) is 127 Å². The van der Waals surface area contributed by atoms with Crippen molar-refractivity contribution in [2.75, 3.05) is 0 Å². The molecule has 2 fully saturated rings. The van der Waals surface area contributed by atoms with E-state index in [-0.39, 0.29) is 24.9 Å². The fraction of sp³-hybridized carbons (Fsp3) is 0.316. The summed E-state index contributed by atoms with van der Waals surface area (Å²) >= 11 is 0. The minimum atomic E-state index is -1.16. The monoisotopic (exact) mass is 1190 g/mol. The van der Waals surface area contributed by atoms with Crippen LogP contribution in [0.25, 0.3) is 122 Å². The van der Waals surface area contributed by atoms with Crippen molar-refractivity contribution in [2.24, 2.45) is 17.3 Å². The average Bonchev–Trinajstić information content (AvgIpc) is 3.05.